The second-order valence-corrected chi connectivity index (χ2v) is 6.19. The van der Waals surface area contributed by atoms with E-state index in [4.69, 9.17) is 4.74 Å². The van der Waals surface area contributed by atoms with Crippen molar-refractivity contribution in [3.8, 4) is 0 Å². The molecular weight excluding hydrogens is 314 g/mol. The molecule has 2 aromatic rings. The molecule has 3 heterocycles. The zero-order valence-electron chi connectivity index (χ0n) is 13.1. The number of morpholine rings is 1. The maximum Gasteiger partial charge on any atom is 0.245 e. The van der Waals surface area contributed by atoms with Gasteiger partial charge in [0.1, 0.15) is 6.04 Å². The quantitative estimate of drug-likeness (QED) is 0.865. The van der Waals surface area contributed by atoms with Crippen molar-refractivity contribution in [1.82, 2.24) is 20.1 Å². The molecule has 1 fully saturated rings. The summed E-state index contributed by atoms with van der Waals surface area (Å²) in [7, 11) is 0. The van der Waals surface area contributed by atoms with E-state index in [9.17, 15) is 4.79 Å². The molecule has 8 heteroatoms. The van der Waals surface area contributed by atoms with Crippen LogP contribution in [0.15, 0.2) is 23.8 Å². The standard InChI is InChI=1S/C15H21N5O2S/c1-2-13(20-5-3-4-17-20)14(21)16-10-12-11-23-15(18-12)19-6-8-22-9-7-19/h3-5,11,13H,2,6-10H2,1H3,(H,16,21)/t13-/m0/s1. The van der Waals surface area contributed by atoms with Gasteiger partial charge < -0.3 is 15.0 Å². The third kappa shape index (κ3) is 3.89. The van der Waals surface area contributed by atoms with Crippen molar-refractivity contribution < 1.29 is 9.53 Å². The SMILES string of the molecule is CC[C@@H](C(=O)NCc1csc(N2CCOCC2)n1)n1cccn1. The average Bonchev–Trinajstić information content (AvgIpc) is 3.26. The molecule has 2 aromatic heterocycles. The van der Waals surface area contributed by atoms with E-state index in [1.807, 2.05) is 24.6 Å². The van der Waals surface area contributed by atoms with Gasteiger partial charge >= 0.3 is 0 Å². The maximum atomic E-state index is 12.3. The molecule has 0 aliphatic carbocycles. The first kappa shape index (κ1) is 15.9. The van der Waals surface area contributed by atoms with Crippen LogP contribution in [0.1, 0.15) is 25.1 Å². The Labute approximate surface area is 139 Å². The number of hydrogen-bond donors (Lipinski definition) is 1. The molecular formula is C15H21N5O2S. The van der Waals surface area contributed by atoms with Crippen molar-refractivity contribution in [3.63, 3.8) is 0 Å². The Morgan fingerprint density at radius 1 is 1.48 bits per heavy atom. The fraction of sp³-hybridized carbons (Fsp3) is 0.533. The molecule has 7 nitrogen and oxygen atoms in total. The summed E-state index contributed by atoms with van der Waals surface area (Å²) in [4.78, 5) is 19.2. The minimum Gasteiger partial charge on any atom is -0.378 e. The molecule has 1 atom stereocenters. The van der Waals surface area contributed by atoms with Crippen molar-refractivity contribution in [3.05, 3.63) is 29.5 Å². The summed E-state index contributed by atoms with van der Waals surface area (Å²) >= 11 is 1.61. The Morgan fingerprint density at radius 2 is 2.30 bits per heavy atom. The normalized spacial score (nSPS) is 16.3. The smallest absolute Gasteiger partial charge is 0.245 e. The number of rotatable bonds is 6. The van der Waals surface area contributed by atoms with E-state index in [1.165, 1.54) is 0 Å². The highest BCUT2D eigenvalue weighted by Crippen LogP contribution is 2.21. The second kappa shape index (κ2) is 7.56. The fourth-order valence-electron chi connectivity index (χ4n) is 2.53. The van der Waals surface area contributed by atoms with E-state index in [2.05, 4.69) is 20.3 Å². The van der Waals surface area contributed by atoms with E-state index in [0.717, 1.165) is 37.1 Å². The summed E-state index contributed by atoms with van der Waals surface area (Å²) < 4.78 is 7.04. The molecule has 0 radical (unpaired) electrons. The highest BCUT2D eigenvalue weighted by atomic mass is 32.1. The topological polar surface area (TPSA) is 72.3 Å². The number of ether oxygens (including phenoxy) is 1. The maximum absolute atomic E-state index is 12.3. The van der Waals surface area contributed by atoms with Crippen LogP contribution in [0.4, 0.5) is 5.13 Å². The lowest BCUT2D eigenvalue weighted by Crippen LogP contribution is -2.36. The lowest BCUT2D eigenvalue weighted by atomic mass is 10.2. The van der Waals surface area contributed by atoms with E-state index in [-0.39, 0.29) is 11.9 Å². The number of nitrogens with one attached hydrogen (secondary N) is 1. The highest BCUT2D eigenvalue weighted by molar-refractivity contribution is 7.13. The van der Waals surface area contributed by atoms with E-state index in [0.29, 0.717) is 13.0 Å². The lowest BCUT2D eigenvalue weighted by Gasteiger charge is -2.26. The van der Waals surface area contributed by atoms with Crippen LogP contribution < -0.4 is 10.2 Å². The summed E-state index contributed by atoms with van der Waals surface area (Å²) in [6, 6.07) is 1.55. The zero-order valence-corrected chi connectivity index (χ0v) is 14.0. The summed E-state index contributed by atoms with van der Waals surface area (Å²) in [5.41, 5.74) is 0.889. The first-order chi connectivity index (χ1) is 11.3. The summed E-state index contributed by atoms with van der Waals surface area (Å²) in [6.07, 6.45) is 4.20. The minimum atomic E-state index is -0.276. The predicted molar refractivity (Wildman–Crippen MR) is 88.5 cm³/mol. The molecule has 1 aliphatic rings. The van der Waals surface area contributed by atoms with Crippen LogP contribution in [0.2, 0.25) is 0 Å². The van der Waals surface area contributed by atoms with Crippen molar-refractivity contribution in [2.45, 2.75) is 25.9 Å². The van der Waals surface area contributed by atoms with Gasteiger partial charge in [0.2, 0.25) is 5.91 Å². The van der Waals surface area contributed by atoms with Gasteiger partial charge in [0.15, 0.2) is 5.13 Å². The molecule has 0 aromatic carbocycles. The van der Waals surface area contributed by atoms with Crippen molar-refractivity contribution >= 4 is 22.4 Å². The van der Waals surface area contributed by atoms with Gasteiger partial charge in [-0.25, -0.2) is 4.98 Å². The van der Waals surface area contributed by atoms with Crippen LogP contribution in [0.5, 0.6) is 0 Å². The molecule has 1 aliphatic heterocycles. The monoisotopic (exact) mass is 335 g/mol. The molecule has 0 bridgehead atoms. The Morgan fingerprint density at radius 3 is 3.00 bits per heavy atom. The fourth-order valence-corrected chi connectivity index (χ4v) is 3.41. The number of aromatic nitrogens is 3. The first-order valence-electron chi connectivity index (χ1n) is 7.82. The number of carbonyl (C=O) groups excluding carboxylic acids is 1. The molecule has 124 valence electrons. The van der Waals surface area contributed by atoms with E-state index in [1.54, 1.807) is 22.2 Å². The van der Waals surface area contributed by atoms with Crippen molar-refractivity contribution in [2.24, 2.45) is 0 Å². The molecule has 1 amide bonds. The molecule has 1 saturated heterocycles. The lowest BCUT2D eigenvalue weighted by molar-refractivity contribution is -0.124. The number of anilines is 1. The minimum absolute atomic E-state index is 0.0304. The largest absolute Gasteiger partial charge is 0.378 e. The third-order valence-electron chi connectivity index (χ3n) is 3.80. The van der Waals surface area contributed by atoms with Gasteiger partial charge in [-0.1, -0.05) is 6.92 Å². The zero-order chi connectivity index (χ0) is 16.1. The van der Waals surface area contributed by atoms with Crippen molar-refractivity contribution in [2.75, 3.05) is 31.2 Å². The average molecular weight is 335 g/mol. The summed E-state index contributed by atoms with van der Waals surface area (Å²) in [6.45, 7) is 5.65. The number of thiazole rings is 1. The molecule has 23 heavy (non-hydrogen) atoms. The van der Waals surface area contributed by atoms with E-state index >= 15 is 0 Å². The van der Waals surface area contributed by atoms with Crippen LogP contribution in [0.25, 0.3) is 0 Å². The van der Waals surface area contributed by atoms with Gasteiger partial charge in [-0.15, -0.1) is 11.3 Å². The van der Waals surface area contributed by atoms with Crippen LogP contribution in [0, 0.1) is 0 Å². The van der Waals surface area contributed by atoms with Crippen molar-refractivity contribution in [1.29, 1.82) is 0 Å². The van der Waals surface area contributed by atoms with Crippen LogP contribution in [0.3, 0.4) is 0 Å². The molecule has 1 N–H and O–H groups in total. The highest BCUT2D eigenvalue weighted by Gasteiger charge is 2.19. The molecule has 0 unspecified atom stereocenters. The van der Waals surface area contributed by atoms with Gasteiger partial charge in [0.25, 0.3) is 0 Å². The summed E-state index contributed by atoms with van der Waals surface area (Å²) in [5.74, 6) is -0.0304. The summed E-state index contributed by atoms with van der Waals surface area (Å²) in [5, 5.41) is 10.1. The van der Waals surface area contributed by atoms with Gasteiger partial charge in [-0.05, 0) is 12.5 Å². The van der Waals surface area contributed by atoms with Gasteiger partial charge in [0, 0.05) is 30.9 Å². The van der Waals surface area contributed by atoms with E-state index < -0.39 is 0 Å². The van der Waals surface area contributed by atoms with Crippen LogP contribution >= 0.6 is 11.3 Å². The van der Waals surface area contributed by atoms with Gasteiger partial charge in [-0.2, -0.15) is 5.10 Å². The molecule has 3 rings (SSSR count). The number of carbonyl (C=O) groups is 1. The number of hydrogen-bond acceptors (Lipinski definition) is 6. The Hall–Kier alpha value is -1.93. The second-order valence-electron chi connectivity index (χ2n) is 5.35. The third-order valence-corrected chi connectivity index (χ3v) is 4.75. The first-order valence-corrected chi connectivity index (χ1v) is 8.70. The molecule has 0 spiro atoms. The Balaban J connectivity index is 1.55. The number of amides is 1. The Kier molecular flexibility index (Phi) is 5.24. The van der Waals surface area contributed by atoms with Gasteiger partial charge in [0.05, 0.1) is 25.5 Å². The predicted octanol–water partition coefficient (Wildman–Crippen LogP) is 1.44. The van der Waals surface area contributed by atoms with Crippen LogP contribution in [-0.4, -0.2) is 47.0 Å². The Bertz CT molecular complexity index is 622. The number of nitrogens with zero attached hydrogens (tertiary/aromatic N) is 4. The molecule has 0 saturated carbocycles. The van der Waals surface area contributed by atoms with Gasteiger partial charge in [-0.3, -0.25) is 9.48 Å². The van der Waals surface area contributed by atoms with Crippen LogP contribution in [-0.2, 0) is 16.1 Å².